The van der Waals surface area contributed by atoms with Gasteiger partial charge in [-0.1, -0.05) is 12.2 Å². The maximum atomic E-state index is 13.6. The van der Waals surface area contributed by atoms with Gasteiger partial charge in [0.25, 0.3) is 11.8 Å². The zero-order chi connectivity index (χ0) is 39.6. The third kappa shape index (κ3) is 7.82. The number of amides is 4. The molecule has 0 unspecified atom stereocenters. The summed E-state index contributed by atoms with van der Waals surface area (Å²) in [5.41, 5.74) is 15.9. The summed E-state index contributed by atoms with van der Waals surface area (Å²) >= 11 is 0. The number of nitrogens with zero attached hydrogens (tertiary/aromatic N) is 8. The van der Waals surface area contributed by atoms with E-state index in [1.807, 2.05) is 26.0 Å². The first kappa shape index (κ1) is 37.6. The molecule has 4 aromatic heterocycles. The van der Waals surface area contributed by atoms with Crippen LogP contribution < -0.4 is 22.1 Å². The number of carboxylic acid groups (broad SMARTS) is 1. The van der Waals surface area contributed by atoms with Gasteiger partial charge in [-0.2, -0.15) is 10.2 Å². The monoisotopic (exact) mass is 748 g/mol. The summed E-state index contributed by atoms with van der Waals surface area (Å²) in [4.78, 5) is 72.1. The summed E-state index contributed by atoms with van der Waals surface area (Å²) < 4.78 is 6.63. The van der Waals surface area contributed by atoms with Crippen molar-refractivity contribution in [1.29, 1.82) is 0 Å². The molecule has 0 fully saturated rings. The quantitative estimate of drug-likeness (QED) is 0.0957. The highest BCUT2D eigenvalue weighted by molar-refractivity contribution is 6.05. The molecule has 6 rings (SSSR count). The molecule has 0 aliphatic rings. The van der Waals surface area contributed by atoms with Gasteiger partial charge >= 0.3 is 5.97 Å². The number of allylic oxidation sites excluding steroid dienone is 2. The van der Waals surface area contributed by atoms with E-state index in [-0.39, 0.29) is 49.0 Å². The molecular formula is C37H40N12O6. The number of nitrogens with two attached hydrogens (primary N) is 2. The van der Waals surface area contributed by atoms with Gasteiger partial charge in [0, 0.05) is 43.7 Å². The van der Waals surface area contributed by atoms with Crippen molar-refractivity contribution in [3.05, 3.63) is 94.1 Å². The van der Waals surface area contributed by atoms with Gasteiger partial charge in [-0.3, -0.25) is 44.0 Å². The Morgan fingerprint density at radius 1 is 0.727 bits per heavy atom. The fourth-order valence-corrected chi connectivity index (χ4v) is 6.40. The molecule has 0 bridgehead atoms. The molecule has 4 amide bonds. The van der Waals surface area contributed by atoms with Crippen LogP contribution in [0.2, 0.25) is 0 Å². The Morgan fingerprint density at radius 3 is 1.80 bits per heavy atom. The van der Waals surface area contributed by atoms with Gasteiger partial charge in [-0.15, -0.1) is 0 Å². The predicted octanol–water partition coefficient (Wildman–Crippen LogP) is 3.41. The number of carbonyl (C=O) groups is 5. The summed E-state index contributed by atoms with van der Waals surface area (Å²) in [5, 5.41) is 24.0. The summed E-state index contributed by atoms with van der Waals surface area (Å²) in [5.74, 6) is -2.91. The molecular weight excluding hydrogens is 708 g/mol. The Hall–Kier alpha value is -7.11. The van der Waals surface area contributed by atoms with Gasteiger partial charge in [0.05, 0.1) is 33.5 Å². The van der Waals surface area contributed by atoms with Crippen LogP contribution in [-0.4, -0.2) is 73.4 Å². The number of primary amides is 2. The topological polar surface area (TPSA) is 253 Å². The maximum absolute atomic E-state index is 13.6. The number of aromatic nitrogens is 8. The van der Waals surface area contributed by atoms with E-state index in [4.69, 9.17) is 11.5 Å². The van der Waals surface area contributed by atoms with Crippen molar-refractivity contribution in [1.82, 2.24) is 38.7 Å². The van der Waals surface area contributed by atoms with E-state index in [0.717, 1.165) is 0 Å². The lowest BCUT2D eigenvalue weighted by Gasteiger charge is -2.12. The van der Waals surface area contributed by atoms with E-state index in [2.05, 4.69) is 30.8 Å². The highest BCUT2D eigenvalue weighted by atomic mass is 16.4. The highest BCUT2D eigenvalue weighted by Gasteiger charge is 2.22. The Balaban J connectivity index is 1.38. The lowest BCUT2D eigenvalue weighted by molar-refractivity contribution is -0.136. The van der Waals surface area contributed by atoms with Crippen LogP contribution in [0.5, 0.6) is 0 Å². The molecule has 0 radical (unpaired) electrons. The molecule has 18 nitrogen and oxygen atoms in total. The molecule has 18 heteroatoms. The van der Waals surface area contributed by atoms with Crippen LogP contribution in [0.15, 0.2) is 54.6 Å². The average molecular weight is 749 g/mol. The number of hydrogen-bond acceptors (Lipinski definition) is 9. The fourth-order valence-electron chi connectivity index (χ4n) is 6.40. The lowest BCUT2D eigenvalue weighted by atomic mass is 10.0. The van der Waals surface area contributed by atoms with Crippen molar-refractivity contribution in [3.8, 4) is 0 Å². The molecule has 0 aliphatic carbocycles. The predicted molar refractivity (Wildman–Crippen MR) is 203 cm³/mol. The molecule has 2 aromatic carbocycles. The Bertz CT molecular complexity index is 2540. The lowest BCUT2D eigenvalue weighted by Crippen LogP contribution is -2.20. The molecule has 0 atom stereocenters. The van der Waals surface area contributed by atoms with Crippen molar-refractivity contribution in [2.75, 3.05) is 10.6 Å². The summed E-state index contributed by atoms with van der Waals surface area (Å²) in [6.07, 6.45) is 3.46. The first-order chi connectivity index (χ1) is 26.3. The van der Waals surface area contributed by atoms with Crippen LogP contribution in [0.25, 0.3) is 22.1 Å². The number of rotatable bonds is 15. The molecule has 55 heavy (non-hydrogen) atoms. The van der Waals surface area contributed by atoms with Crippen LogP contribution >= 0.6 is 0 Å². The third-order valence-electron chi connectivity index (χ3n) is 8.91. The van der Waals surface area contributed by atoms with Crippen LogP contribution in [-0.2, 0) is 37.4 Å². The standard InChI is InChI=1S/C37H40N12O6/c1-5-48-28(15-20(3)44-48)34(54)42-36-40-25-18-23(32(38)52)9-11-27(25)46(36)13-7-8-14-47-31-22(10-12-30(50)51)17-24(33(39)53)19-26(31)41-37(47)43-35(55)29-16-21(4)45-49(29)6-2/h7-9,11,15-19H,5-6,10,12-14H2,1-4H3,(H2,38,52)(H2,39,53)(H,50,51)(H,40,42,54)(H,41,43,55)/b8-7+. The summed E-state index contributed by atoms with van der Waals surface area (Å²) in [6.45, 7) is 8.59. The summed E-state index contributed by atoms with van der Waals surface area (Å²) in [6, 6.07) is 11.2. The number of carboxylic acids is 1. The molecule has 284 valence electrons. The first-order valence-corrected chi connectivity index (χ1v) is 17.5. The Kier molecular flexibility index (Phi) is 10.6. The zero-order valence-corrected chi connectivity index (χ0v) is 30.7. The fraction of sp³-hybridized carbons (Fsp3) is 0.270. The number of hydrogen-bond donors (Lipinski definition) is 5. The first-order valence-electron chi connectivity index (χ1n) is 17.5. The second-order valence-corrected chi connectivity index (χ2v) is 12.8. The van der Waals surface area contributed by atoms with Crippen LogP contribution in [0, 0.1) is 13.8 Å². The number of benzene rings is 2. The second-order valence-electron chi connectivity index (χ2n) is 12.8. The number of carbonyl (C=O) groups excluding carboxylic acids is 4. The van der Waals surface area contributed by atoms with Gasteiger partial charge in [0.2, 0.25) is 23.7 Å². The zero-order valence-electron chi connectivity index (χ0n) is 30.7. The third-order valence-corrected chi connectivity index (χ3v) is 8.91. The number of nitrogens with one attached hydrogen (secondary N) is 2. The maximum Gasteiger partial charge on any atom is 0.303 e. The molecule has 0 saturated carbocycles. The van der Waals surface area contributed by atoms with Crippen LogP contribution in [0.3, 0.4) is 0 Å². The van der Waals surface area contributed by atoms with E-state index < -0.39 is 29.6 Å². The largest absolute Gasteiger partial charge is 0.481 e. The number of anilines is 2. The molecule has 6 aromatic rings. The molecule has 7 N–H and O–H groups in total. The Labute approximate surface area is 313 Å². The van der Waals surface area contributed by atoms with Gasteiger partial charge in [0.15, 0.2) is 0 Å². The minimum atomic E-state index is -1.03. The van der Waals surface area contributed by atoms with Crippen LogP contribution in [0.1, 0.15) is 78.9 Å². The molecule has 4 heterocycles. The highest BCUT2D eigenvalue weighted by Crippen LogP contribution is 2.28. The van der Waals surface area contributed by atoms with E-state index in [0.29, 0.717) is 63.5 Å². The van der Waals surface area contributed by atoms with E-state index in [1.54, 1.807) is 62.7 Å². The normalized spacial score (nSPS) is 11.5. The van der Waals surface area contributed by atoms with Crippen molar-refractivity contribution in [2.24, 2.45) is 11.5 Å². The number of aliphatic carboxylic acids is 1. The minimum absolute atomic E-state index is 0.0609. The SMILES string of the molecule is CCn1nc(C)cc1C(=O)Nc1nc2cc(C(N)=O)ccc2n1C/C=C/Cn1c(NC(=O)c2cc(C)nn2CC)nc2cc(C(N)=O)cc(CCC(=O)O)c21. The van der Waals surface area contributed by atoms with E-state index >= 15 is 0 Å². The van der Waals surface area contributed by atoms with Gasteiger partial charge in [0.1, 0.15) is 11.4 Å². The minimum Gasteiger partial charge on any atom is -0.481 e. The second kappa shape index (κ2) is 15.5. The number of fused-ring (bicyclic) bond motifs is 2. The van der Waals surface area contributed by atoms with Crippen molar-refractivity contribution in [3.63, 3.8) is 0 Å². The number of aryl methyl sites for hydroxylation is 5. The van der Waals surface area contributed by atoms with Gasteiger partial charge in [-0.25, -0.2) is 9.97 Å². The summed E-state index contributed by atoms with van der Waals surface area (Å²) in [7, 11) is 0. The van der Waals surface area contributed by atoms with Gasteiger partial charge < -0.3 is 25.7 Å². The van der Waals surface area contributed by atoms with Gasteiger partial charge in [-0.05, 0) is 82.1 Å². The van der Waals surface area contributed by atoms with Crippen molar-refractivity contribution in [2.45, 2.75) is 66.7 Å². The average Bonchev–Trinajstić information content (AvgIpc) is 3.90. The molecule has 0 spiro atoms. The smallest absolute Gasteiger partial charge is 0.303 e. The Morgan fingerprint density at radius 2 is 1.25 bits per heavy atom. The van der Waals surface area contributed by atoms with E-state index in [1.165, 1.54) is 12.1 Å². The van der Waals surface area contributed by atoms with Crippen molar-refractivity contribution >= 4 is 63.6 Å². The van der Waals surface area contributed by atoms with Crippen molar-refractivity contribution < 1.29 is 29.1 Å². The van der Waals surface area contributed by atoms with E-state index in [9.17, 15) is 29.1 Å². The number of imidazole rings is 2. The molecule has 0 aliphatic heterocycles. The molecule has 0 saturated heterocycles. The van der Waals surface area contributed by atoms with Crippen LogP contribution in [0.4, 0.5) is 11.9 Å².